The standard InChI is InChI=1S/C16H26N4.HI/c1-2-3-9-18-16(17)19-10-12-20-11-8-14-6-4-5-7-15(14)13-20;/h4-7H,2-3,8-13H2,1H3,(H3,17,18,19);1H. The van der Waals surface area contributed by atoms with Crippen molar-refractivity contribution in [2.45, 2.75) is 32.7 Å². The largest absolute Gasteiger partial charge is 0.370 e. The zero-order valence-corrected chi connectivity index (χ0v) is 15.2. The fourth-order valence-corrected chi connectivity index (χ4v) is 2.50. The number of rotatable bonds is 6. The lowest BCUT2D eigenvalue weighted by Crippen LogP contribution is -2.40. The normalized spacial score (nSPS) is 15.2. The van der Waals surface area contributed by atoms with Crippen molar-refractivity contribution in [2.24, 2.45) is 10.7 Å². The maximum Gasteiger partial charge on any atom is 0.188 e. The fraction of sp³-hybridized carbons (Fsp3) is 0.562. The van der Waals surface area contributed by atoms with E-state index in [1.165, 1.54) is 11.1 Å². The van der Waals surface area contributed by atoms with Gasteiger partial charge in [0.2, 0.25) is 0 Å². The average molecular weight is 402 g/mol. The molecule has 1 heterocycles. The van der Waals surface area contributed by atoms with E-state index in [2.05, 4.69) is 46.4 Å². The number of guanidine groups is 1. The molecule has 0 saturated heterocycles. The van der Waals surface area contributed by atoms with E-state index in [-0.39, 0.29) is 24.0 Å². The van der Waals surface area contributed by atoms with Gasteiger partial charge in [-0.15, -0.1) is 24.0 Å². The van der Waals surface area contributed by atoms with Crippen LogP contribution in [0.2, 0.25) is 0 Å². The van der Waals surface area contributed by atoms with Gasteiger partial charge < -0.3 is 11.1 Å². The Balaban J connectivity index is 0.00000220. The van der Waals surface area contributed by atoms with Crippen LogP contribution in [-0.4, -0.2) is 37.0 Å². The molecule has 0 saturated carbocycles. The van der Waals surface area contributed by atoms with Crippen molar-refractivity contribution >= 4 is 29.9 Å². The third-order valence-corrected chi connectivity index (χ3v) is 3.74. The highest BCUT2D eigenvalue weighted by atomic mass is 127. The van der Waals surface area contributed by atoms with Crippen LogP contribution >= 0.6 is 24.0 Å². The number of fused-ring (bicyclic) bond motifs is 1. The third-order valence-electron chi connectivity index (χ3n) is 3.74. The molecule has 2 rings (SSSR count). The van der Waals surface area contributed by atoms with Gasteiger partial charge in [-0.2, -0.15) is 0 Å². The van der Waals surface area contributed by atoms with Crippen LogP contribution in [0.25, 0.3) is 0 Å². The Morgan fingerprint density at radius 1 is 1.33 bits per heavy atom. The van der Waals surface area contributed by atoms with E-state index in [4.69, 9.17) is 5.73 Å². The van der Waals surface area contributed by atoms with Crippen molar-refractivity contribution < 1.29 is 0 Å². The van der Waals surface area contributed by atoms with Crippen molar-refractivity contribution in [2.75, 3.05) is 26.2 Å². The molecule has 1 aliphatic rings. The molecule has 3 N–H and O–H groups in total. The number of hydrogen-bond donors (Lipinski definition) is 2. The summed E-state index contributed by atoms with van der Waals surface area (Å²) in [5.41, 5.74) is 8.79. The Hall–Kier alpha value is -0.820. The van der Waals surface area contributed by atoms with E-state index in [0.717, 1.165) is 52.0 Å². The van der Waals surface area contributed by atoms with Gasteiger partial charge in [0.05, 0.1) is 0 Å². The molecule has 1 aromatic rings. The van der Waals surface area contributed by atoms with Gasteiger partial charge in [0.15, 0.2) is 5.96 Å². The van der Waals surface area contributed by atoms with Gasteiger partial charge >= 0.3 is 0 Å². The molecule has 1 aliphatic heterocycles. The lowest BCUT2D eigenvalue weighted by atomic mass is 10.00. The molecule has 0 bridgehead atoms. The van der Waals surface area contributed by atoms with E-state index in [0.29, 0.717) is 5.96 Å². The molecule has 4 nitrogen and oxygen atoms in total. The smallest absolute Gasteiger partial charge is 0.188 e. The van der Waals surface area contributed by atoms with Gasteiger partial charge in [-0.3, -0.25) is 9.89 Å². The van der Waals surface area contributed by atoms with Crippen LogP contribution in [0, 0.1) is 0 Å². The molecular weight excluding hydrogens is 375 g/mol. The molecule has 0 atom stereocenters. The quantitative estimate of drug-likeness (QED) is 0.333. The van der Waals surface area contributed by atoms with Gasteiger partial charge in [0.25, 0.3) is 0 Å². The second-order valence-electron chi connectivity index (χ2n) is 5.34. The summed E-state index contributed by atoms with van der Waals surface area (Å²) >= 11 is 0. The predicted octanol–water partition coefficient (Wildman–Crippen LogP) is 2.37. The van der Waals surface area contributed by atoms with E-state index >= 15 is 0 Å². The summed E-state index contributed by atoms with van der Waals surface area (Å²) in [6, 6.07) is 8.72. The maximum absolute atomic E-state index is 5.83. The summed E-state index contributed by atoms with van der Waals surface area (Å²) in [5.74, 6) is 0.579. The molecule has 1 aromatic carbocycles. The molecule has 0 unspecified atom stereocenters. The molecule has 0 spiro atoms. The van der Waals surface area contributed by atoms with Crippen molar-refractivity contribution in [3.8, 4) is 0 Å². The highest BCUT2D eigenvalue weighted by Gasteiger charge is 2.14. The van der Waals surface area contributed by atoms with Crippen molar-refractivity contribution in [3.05, 3.63) is 35.4 Å². The highest BCUT2D eigenvalue weighted by Crippen LogP contribution is 2.17. The van der Waals surface area contributed by atoms with Gasteiger partial charge in [-0.1, -0.05) is 37.6 Å². The Kier molecular flexibility index (Phi) is 8.68. The van der Waals surface area contributed by atoms with E-state index in [9.17, 15) is 0 Å². The first-order chi connectivity index (χ1) is 9.79. The Bertz CT molecular complexity index is 448. The highest BCUT2D eigenvalue weighted by molar-refractivity contribution is 14.0. The zero-order valence-electron chi connectivity index (χ0n) is 12.8. The second-order valence-corrected chi connectivity index (χ2v) is 5.34. The van der Waals surface area contributed by atoms with E-state index in [1.807, 2.05) is 0 Å². The minimum Gasteiger partial charge on any atom is -0.370 e. The number of halogens is 1. The molecular formula is C16H27IN4. The number of nitrogens with one attached hydrogen (secondary N) is 1. The predicted molar refractivity (Wildman–Crippen MR) is 100 cm³/mol. The van der Waals surface area contributed by atoms with Crippen LogP contribution in [0.15, 0.2) is 29.3 Å². The molecule has 21 heavy (non-hydrogen) atoms. The second kappa shape index (κ2) is 10.00. The minimum atomic E-state index is 0. The van der Waals surface area contributed by atoms with Gasteiger partial charge in [-0.05, 0) is 24.0 Å². The summed E-state index contributed by atoms with van der Waals surface area (Å²) in [7, 11) is 0. The van der Waals surface area contributed by atoms with Gasteiger partial charge in [-0.25, -0.2) is 0 Å². The summed E-state index contributed by atoms with van der Waals surface area (Å²) in [6.45, 7) is 7.04. The lowest BCUT2D eigenvalue weighted by Gasteiger charge is -2.28. The van der Waals surface area contributed by atoms with Gasteiger partial charge in [0.1, 0.15) is 0 Å². The molecule has 118 valence electrons. The summed E-state index contributed by atoms with van der Waals surface area (Å²) in [4.78, 5) is 6.76. The van der Waals surface area contributed by atoms with Crippen LogP contribution in [0.3, 0.4) is 0 Å². The molecule has 0 aliphatic carbocycles. The van der Waals surface area contributed by atoms with Crippen LogP contribution < -0.4 is 11.1 Å². The number of aliphatic imine (C=N–C) groups is 1. The minimum absolute atomic E-state index is 0. The van der Waals surface area contributed by atoms with Crippen LogP contribution in [0.1, 0.15) is 30.9 Å². The van der Waals surface area contributed by atoms with Crippen molar-refractivity contribution in [1.82, 2.24) is 10.2 Å². The molecule has 0 aromatic heterocycles. The number of unbranched alkanes of at least 4 members (excludes halogenated alkanes) is 1. The van der Waals surface area contributed by atoms with Crippen LogP contribution in [0.4, 0.5) is 0 Å². The van der Waals surface area contributed by atoms with Crippen LogP contribution in [0.5, 0.6) is 0 Å². The average Bonchev–Trinajstić information content (AvgIpc) is 2.47. The molecule has 0 fully saturated rings. The van der Waals surface area contributed by atoms with Crippen molar-refractivity contribution in [3.63, 3.8) is 0 Å². The van der Waals surface area contributed by atoms with E-state index in [1.54, 1.807) is 0 Å². The first kappa shape index (κ1) is 18.2. The van der Waals surface area contributed by atoms with E-state index < -0.39 is 0 Å². The fourth-order valence-electron chi connectivity index (χ4n) is 2.50. The topological polar surface area (TPSA) is 53.6 Å². The number of hydrogen-bond acceptors (Lipinski definition) is 2. The number of nitrogens with two attached hydrogens (primary N) is 1. The van der Waals surface area contributed by atoms with Crippen LogP contribution in [-0.2, 0) is 13.0 Å². The Morgan fingerprint density at radius 3 is 2.86 bits per heavy atom. The maximum atomic E-state index is 5.83. The molecule has 0 radical (unpaired) electrons. The lowest BCUT2D eigenvalue weighted by molar-refractivity contribution is 0.258. The van der Waals surface area contributed by atoms with Crippen molar-refractivity contribution in [1.29, 1.82) is 0 Å². The summed E-state index contributed by atoms with van der Waals surface area (Å²) < 4.78 is 0. The van der Waals surface area contributed by atoms with Gasteiger partial charge in [0, 0.05) is 32.7 Å². The SMILES string of the molecule is CCCCN=C(N)NCCN1CCc2ccccc2C1.I. The molecule has 0 amide bonds. The number of nitrogens with zero attached hydrogens (tertiary/aromatic N) is 2. The first-order valence-electron chi connectivity index (χ1n) is 7.62. The first-order valence-corrected chi connectivity index (χ1v) is 7.62. The monoisotopic (exact) mass is 402 g/mol. The summed E-state index contributed by atoms with van der Waals surface area (Å²) in [5, 5.41) is 3.20. The third kappa shape index (κ3) is 6.22. The Morgan fingerprint density at radius 2 is 2.10 bits per heavy atom. The Labute approximate surface area is 145 Å². The summed E-state index contributed by atoms with van der Waals surface area (Å²) in [6.07, 6.45) is 3.41. The zero-order chi connectivity index (χ0) is 14.2. The number of benzene rings is 1. The molecule has 5 heteroatoms.